The summed E-state index contributed by atoms with van der Waals surface area (Å²) in [4.78, 5) is 0. The van der Waals surface area contributed by atoms with Crippen molar-refractivity contribution in [3.05, 3.63) is 68.8 Å². The predicted molar refractivity (Wildman–Crippen MR) is 183 cm³/mol. The van der Waals surface area contributed by atoms with Crippen LogP contribution in [0.5, 0.6) is 0 Å². The minimum absolute atomic E-state index is 0.0524. The Morgan fingerprint density at radius 1 is 0.500 bits per heavy atom. The van der Waals surface area contributed by atoms with Crippen LogP contribution in [-0.4, -0.2) is 49.8 Å². The molecule has 6 heteroatoms. The molecule has 5 unspecified atom stereocenters. The summed E-state index contributed by atoms with van der Waals surface area (Å²) in [7, 11) is 0. The summed E-state index contributed by atoms with van der Waals surface area (Å²) in [5, 5.41) is 0. The van der Waals surface area contributed by atoms with Crippen LogP contribution in [0.3, 0.4) is 0 Å². The van der Waals surface area contributed by atoms with E-state index in [9.17, 15) is 0 Å². The van der Waals surface area contributed by atoms with E-state index in [0.29, 0.717) is 51.5 Å². The van der Waals surface area contributed by atoms with Gasteiger partial charge in [-0.05, 0) is 86.1 Å². The first-order valence-corrected chi connectivity index (χ1v) is 17.5. The van der Waals surface area contributed by atoms with Gasteiger partial charge >= 0.3 is 0 Å². The van der Waals surface area contributed by atoms with Crippen LogP contribution in [0.25, 0.3) is 0 Å². The van der Waals surface area contributed by atoms with Crippen LogP contribution in [0.4, 0.5) is 0 Å². The van der Waals surface area contributed by atoms with E-state index in [-0.39, 0.29) is 47.5 Å². The number of rotatable bonds is 0. The Morgan fingerprint density at radius 2 is 0.804 bits per heavy atom. The Morgan fingerprint density at radius 3 is 1.13 bits per heavy atom. The Kier molecular flexibility index (Phi) is 10.8. The van der Waals surface area contributed by atoms with E-state index in [1.807, 2.05) is 0 Å². The van der Waals surface area contributed by atoms with Crippen LogP contribution in [0, 0.1) is 50.4 Å². The number of hydrogen-bond acceptors (Lipinski definition) is 6. The third kappa shape index (κ3) is 7.13. The summed E-state index contributed by atoms with van der Waals surface area (Å²) < 4.78 is 37.5. The zero-order valence-electron chi connectivity index (χ0n) is 30.6. The molecule has 0 aromatic heterocycles. The van der Waals surface area contributed by atoms with Gasteiger partial charge in [0.15, 0.2) is 0 Å². The first kappa shape index (κ1) is 35.5. The van der Waals surface area contributed by atoms with Gasteiger partial charge in [0.1, 0.15) is 0 Å². The van der Waals surface area contributed by atoms with E-state index in [1.54, 1.807) is 0 Å². The minimum Gasteiger partial charge on any atom is -0.374 e. The minimum atomic E-state index is -0.0524. The maximum absolute atomic E-state index is 6.47. The lowest BCUT2D eigenvalue weighted by Gasteiger charge is -2.50. The fourth-order valence-corrected chi connectivity index (χ4v) is 7.89. The molecular weight excluding hydrogens is 576 g/mol. The molecule has 4 aliphatic heterocycles. The molecule has 256 valence electrons. The summed E-state index contributed by atoms with van der Waals surface area (Å²) >= 11 is 0. The average Bonchev–Trinajstić information content (AvgIpc) is 2.98. The average molecular weight is 637 g/mol. The number of ether oxygens (including phenoxy) is 6. The third-order valence-electron chi connectivity index (χ3n) is 11.8. The number of fused-ring (bicyclic) bond motifs is 6. The zero-order valence-corrected chi connectivity index (χ0v) is 30.6. The van der Waals surface area contributed by atoms with Gasteiger partial charge in [0, 0.05) is 22.7 Å². The van der Waals surface area contributed by atoms with Crippen molar-refractivity contribution in [3.8, 4) is 0 Å². The van der Waals surface area contributed by atoms with Crippen molar-refractivity contribution in [1.82, 2.24) is 0 Å². The number of hydrogen-bond donors (Lipinski definition) is 0. The lowest BCUT2D eigenvalue weighted by atomic mass is 9.71. The topological polar surface area (TPSA) is 55.4 Å². The molecular formula is C40H60O6. The SMILES string of the molecule is Cc1cc2c(cc1C)COC1[C@H](C)C(C)OC(COC2)C1(C)C.Cc1cc2c(cc1C)COC1[C@H](C)[C@H](C)OC(COC2)C1(C)C. The van der Waals surface area contributed by atoms with Crippen LogP contribution >= 0.6 is 0 Å². The maximum Gasteiger partial charge on any atom is 0.0888 e. The molecule has 2 aromatic rings. The van der Waals surface area contributed by atoms with Gasteiger partial charge in [0.25, 0.3) is 0 Å². The molecule has 4 bridgehead atoms. The lowest BCUT2D eigenvalue weighted by Crippen LogP contribution is -2.57. The van der Waals surface area contributed by atoms with Crippen LogP contribution in [0.15, 0.2) is 24.3 Å². The highest BCUT2D eigenvalue weighted by Crippen LogP contribution is 2.44. The fourth-order valence-electron chi connectivity index (χ4n) is 7.89. The van der Waals surface area contributed by atoms with Crippen LogP contribution in [-0.2, 0) is 54.8 Å². The van der Waals surface area contributed by atoms with E-state index in [0.717, 1.165) is 0 Å². The Labute approximate surface area is 278 Å². The monoisotopic (exact) mass is 636 g/mol. The van der Waals surface area contributed by atoms with Crippen LogP contribution in [0.2, 0.25) is 0 Å². The largest absolute Gasteiger partial charge is 0.374 e. The second-order valence-electron chi connectivity index (χ2n) is 15.9. The molecule has 0 spiro atoms. The molecule has 2 aromatic carbocycles. The summed E-state index contributed by atoms with van der Waals surface area (Å²) in [6, 6.07) is 8.99. The van der Waals surface area contributed by atoms with Crippen molar-refractivity contribution in [2.75, 3.05) is 13.2 Å². The quantitative estimate of drug-likeness (QED) is 0.290. The smallest absolute Gasteiger partial charge is 0.0888 e. The third-order valence-corrected chi connectivity index (χ3v) is 11.8. The van der Waals surface area contributed by atoms with Crippen LogP contribution < -0.4 is 0 Å². The molecule has 8 atom stereocenters. The number of aryl methyl sites for hydroxylation is 4. The number of benzene rings is 2. The first-order valence-electron chi connectivity index (χ1n) is 17.5. The molecule has 4 heterocycles. The Bertz CT molecular complexity index is 1260. The maximum atomic E-state index is 6.47. The van der Waals surface area contributed by atoms with E-state index in [1.165, 1.54) is 44.5 Å². The van der Waals surface area contributed by atoms with Crippen molar-refractivity contribution in [1.29, 1.82) is 0 Å². The molecule has 0 saturated carbocycles. The zero-order chi connectivity index (χ0) is 33.6. The Hall–Kier alpha value is -1.80. The van der Waals surface area contributed by atoms with Gasteiger partial charge in [-0.1, -0.05) is 65.8 Å². The van der Waals surface area contributed by atoms with E-state index in [2.05, 4.69) is 107 Å². The summed E-state index contributed by atoms with van der Waals surface area (Å²) in [5.41, 5.74) is 10.1. The van der Waals surface area contributed by atoms with Gasteiger partial charge < -0.3 is 28.4 Å². The summed E-state index contributed by atoms with van der Waals surface area (Å²) in [6.45, 7) is 30.2. The van der Waals surface area contributed by atoms with Gasteiger partial charge in [0.05, 0.1) is 76.3 Å². The van der Waals surface area contributed by atoms with E-state index < -0.39 is 0 Å². The van der Waals surface area contributed by atoms with Crippen LogP contribution in [0.1, 0.15) is 99.9 Å². The highest BCUT2D eigenvalue weighted by atomic mass is 16.6. The molecule has 4 aliphatic rings. The molecule has 6 rings (SSSR count). The standard InChI is InChI=1S/2C20H30O3/c2*1-12-7-16-9-21-11-18-20(5,6)19(14(3)15(4)23-18)22-10-17(16)8-13(12)2/h2*7-8,14-15,18-19H,9-11H2,1-6H3/t14-,15?,18?,19?;14-,15+,18?,19?/m11/s1. The van der Waals surface area contributed by atoms with Gasteiger partial charge in [0.2, 0.25) is 0 Å². The van der Waals surface area contributed by atoms with Crippen molar-refractivity contribution in [3.63, 3.8) is 0 Å². The van der Waals surface area contributed by atoms with Crippen molar-refractivity contribution < 1.29 is 28.4 Å². The first-order chi connectivity index (χ1) is 21.6. The molecule has 0 amide bonds. The molecule has 0 radical (unpaired) electrons. The predicted octanol–water partition coefficient (Wildman–Crippen LogP) is 8.34. The van der Waals surface area contributed by atoms with Gasteiger partial charge in [-0.15, -0.1) is 0 Å². The molecule has 0 N–H and O–H groups in total. The molecule has 2 fully saturated rings. The van der Waals surface area contributed by atoms with Gasteiger partial charge in [-0.2, -0.15) is 0 Å². The van der Waals surface area contributed by atoms with Crippen molar-refractivity contribution >= 4 is 0 Å². The van der Waals surface area contributed by atoms with Crippen molar-refractivity contribution in [2.24, 2.45) is 22.7 Å². The van der Waals surface area contributed by atoms with Gasteiger partial charge in [-0.3, -0.25) is 0 Å². The fraction of sp³-hybridized carbons (Fsp3) is 0.700. The second kappa shape index (κ2) is 14.0. The summed E-state index contributed by atoms with van der Waals surface area (Å²) in [6.07, 6.45) is 0.888. The highest BCUT2D eigenvalue weighted by Gasteiger charge is 2.50. The summed E-state index contributed by atoms with van der Waals surface area (Å²) in [5.74, 6) is 0.742. The Balaban J connectivity index is 0.000000181. The molecule has 2 saturated heterocycles. The molecule has 6 nitrogen and oxygen atoms in total. The van der Waals surface area contributed by atoms with Gasteiger partial charge in [-0.25, -0.2) is 0 Å². The van der Waals surface area contributed by atoms with E-state index in [4.69, 9.17) is 28.4 Å². The molecule has 46 heavy (non-hydrogen) atoms. The van der Waals surface area contributed by atoms with E-state index >= 15 is 0 Å². The lowest BCUT2D eigenvalue weighted by molar-refractivity contribution is -0.232. The second-order valence-corrected chi connectivity index (χ2v) is 15.9. The molecule has 0 aliphatic carbocycles. The van der Waals surface area contributed by atoms with Crippen molar-refractivity contribution in [2.45, 2.75) is 146 Å². The highest BCUT2D eigenvalue weighted by molar-refractivity contribution is 5.37. The normalized spacial score (nSPS) is 33.8.